The van der Waals surface area contributed by atoms with Crippen molar-refractivity contribution >= 4 is 40.9 Å². The molecule has 7 nitrogen and oxygen atoms in total. The van der Waals surface area contributed by atoms with Crippen LogP contribution in [0.4, 0.5) is 4.79 Å². The zero-order valence-electron chi connectivity index (χ0n) is 15.8. The van der Waals surface area contributed by atoms with Gasteiger partial charge < -0.3 is 29.4 Å². The lowest BCUT2D eigenvalue weighted by atomic mass is 9.98. The van der Waals surface area contributed by atoms with Crippen LogP contribution in [-0.2, 0) is 14.2 Å². The lowest BCUT2D eigenvalue weighted by Crippen LogP contribution is -2.36. The molecule has 1 aliphatic rings. The summed E-state index contributed by atoms with van der Waals surface area (Å²) in [5.74, 6) is -0.135. The molecule has 28 heavy (non-hydrogen) atoms. The Balaban J connectivity index is 1.92. The fourth-order valence-electron chi connectivity index (χ4n) is 2.81. The van der Waals surface area contributed by atoms with Crippen LogP contribution in [-0.4, -0.2) is 53.2 Å². The molecule has 2 rings (SSSR count). The maximum atomic E-state index is 11.6. The maximum Gasteiger partial charge on any atom is 0.407 e. The van der Waals surface area contributed by atoms with E-state index in [1.807, 2.05) is 24.3 Å². The van der Waals surface area contributed by atoms with Crippen LogP contribution in [0.2, 0.25) is 0 Å². The van der Waals surface area contributed by atoms with Gasteiger partial charge in [-0.05, 0) is 38.0 Å². The van der Waals surface area contributed by atoms with Gasteiger partial charge in [-0.1, -0.05) is 46.9 Å². The highest BCUT2D eigenvalue weighted by atomic mass is 35.6. The molecule has 0 aliphatic carbocycles. The van der Waals surface area contributed by atoms with E-state index in [0.29, 0.717) is 0 Å². The Morgan fingerprint density at radius 1 is 1.29 bits per heavy atom. The molecule has 1 aliphatic heterocycles. The summed E-state index contributed by atoms with van der Waals surface area (Å²) in [5, 5.41) is 13.1. The molecule has 1 fully saturated rings. The number of aliphatic hydroxyl groups is 1. The van der Waals surface area contributed by atoms with Gasteiger partial charge in [-0.2, -0.15) is 0 Å². The van der Waals surface area contributed by atoms with Crippen LogP contribution in [0, 0.1) is 0 Å². The number of alkyl carbamates (subject to hydrolysis) is 1. The molecule has 3 atom stereocenters. The van der Waals surface area contributed by atoms with Gasteiger partial charge in [0.25, 0.3) is 0 Å². The molecular formula is C18H24Cl3NO6. The van der Waals surface area contributed by atoms with Crippen LogP contribution in [0.1, 0.15) is 31.9 Å². The molecule has 0 saturated carbocycles. The van der Waals surface area contributed by atoms with E-state index < -0.39 is 34.0 Å². The highest BCUT2D eigenvalue weighted by Crippen LogP contribution is 2.40. The largest absolute Gasteiger partial charge is 0.497 e. The first-order valence-corrected chi connectivity index (χ1v) is 9.79. The van der Waals surface area contributed by atoms with Gasteiger partial charge in [0.1, 0.15) is 24.6 Å². The molecule has 1 aromatic rings. The molecule has 0 aromatic heterocycles. The molecule has 0 bridgehead atoms. The van der Waals surface area contributed by atoms with E-state index in [4.69, 9.17) is 53.8 Å². The fraction of sp³-hybridized carbons (Fsp3) is 0.611. The van der Waals surface area contributed by atoms with E-state index in [-0.39, 0.29) is 19.6 Å². The molecule has 1 heterocycles. The summed E-state index contributed by atoms with van der Waals surface area (Å²) < 4.78 is 20.1. The summed E-state index contributed by atoms with van der Waals surface area (Å²) in [4.78, 5) is 11.6. The number of hydrogen-bond donors (Lipinski definition) is 2. The van der Waals surface area contributed by atoms with Crippen molar-refractivity contribution in [1.29, 1.82) is 0 Å². The minimum atomic E-state index is -1.68. The summed E-state index contributed by atoms with van der Waals surface area (Å²) in [7, 11) is 1.59. The quantitative estimate of drug-likeness (QED) is 0.608. The average molecular weight is 457 g/mol. The number of alkyl halides is 3. The van der Waals surface area contributed by atoms with Crippen molar-refractivity contribution in [2.45, 2.75) is 48.2 Å². The molecule has 1 amide bonds. The van der Waals surface area contributed by atoms with Crippen LogP contribution in [0.5, 0.6) is 5.75 Å². The van der Waals surface area contributed by atoms with Crippen molar-refractivity contribution < 1.29 is 28.8 Å². The third-order valence-electron chi connectivity index (χ3n) is 4.03. The van der Waals surface area contributed by atoms with Gasteiger partial charge in [0, 0.05) is 6.54 Å². The van der Waals surface area contributed by atoms with E-state index in [9.17, 15) is 9.90 Å². The molecule has 158 valence electrons. The molecule has 2 N–H and O–H groups in total. The van der Waals surface area contributed by atoms with Crippen LogP contribution in [0.25, 0.3) is 0 Å². The predicted molar refractivity (Wildman–Crippen MR) is 106 cm³/mol. The lowest BCUT2D eigenvalue weighted by Gasteiger charge is -2.23. The van der Waals surface area contributed by atoms with Crippen LogP contribution in [0.15, 0.2) is 24.3 Å². The van der Waals surface area contributed by atoms with Crippen molar-refractivity contribution in [2.75, 3.05) is 20.3 Å². The number of benzene rings is 1. The van der Waals surface area contributed by atoms with Gasteiger partial charge in [-0.15, -0.1) is 0 Å². The van der Waals surface area contributed by atoms with E-state index >= 15 is 0 Å². The summed E-state index contributed by atoms with van der Waals surface area (Å²) in [6.07, 6.45) is -2.48. The second-order valence-electron chi connectivity index (χ2n) is 6.77. The SMILES string of the molecule is COc1ccc([C@@H]2OC(C)(C)O[C@H]2[C@@H](O)CCNC(=O)OCC(Cl)(Cl)Cl)cc1. The minimum absolute atomic E-state index is 0.148. The number of carbonyl (C=O) groups excluding carboxylic acids is 1. The van der Waals surface area contributed by atoms with Gasteiger partial charge in [-0.3, -0.25) is 0 Å². The number of carbonyl (C=O) groups is 1. The number of ether oxygens (including phenoxy) is 4. The summed E-state index contributed by atoms with van der Waals surface area (Å²) in [6.45, 7) is 3.33. The van der Waals surface area contributed by atoms with Crippen LogP contribution < -0.4 is 10.1 Å². The second kappa shape index (κ2) is 9.69. The Morgan fingerprint density at radius 2 is 1.93 bits per heavy atom. The topological polar surface area (TPSA) is 86.3 Å². The first-order chi connectivity index (χ1) is 13.0. The second-order valence-corrected chi connectivity index (χ2v) is 9.28. The van der Waals surface area contributed by atoms with Crippen molar-refractivity contribution in [2.24, 2.45) is 0 Å². The first-order valence-electron chi connectivity index (χ1n) is 8.66. The smallest absolute Gasteiger partial charge is 0.407 e. The lowest BCUT2D eigenvalue weighted by molar-refractivity contribution is -0.155. The van der Waals surface area contributed by atoms with Gasteiger partial charge in [0.2, 0.25) is 3.79 Å². The zero-order valence-corrected chi connectivity index (χ0v) is 18.1. The van der Waals surface area contributed by atoms with Crippen molar-refractivity contribution in [1.82, 2.24) is 5.32 Å². The molecule has 1 saturated heterocycles. The van der Waals surface area contributed by atoms with E-state index in [1.54, 1.807) is 21.0 Å². The minimum Gasteiger partial charge on any atom is -0.497 e. The Morgan fingerprint density at radius 3 is 2.50 bits per heavy atom. The highest BCUT2D eigenvalue weighted by molar-refractivity contribution is 6.67. The number of methoxy groups -OCH3 is 1. The number of hydrogen-bond acceptors (Lipinski definition) is 6. The van der Waals surface area contributed by atoms with Gasteiger partial charge in [0.05, 0.1) is 13.2 Å². The highest BCUT2D eigenvalue weighted by Gasteiger charge is 2.45. The normalized spacial score (nSPS) is 22.5. The number of amides is 1. The van der Waals surface area contributed by atoms with Gasteiger partial charge >= 0.3 is 6.09 Å². The Hall–Kier alpha value is -0.960. The monoisotopic (exact) mass is 455 g/mol. The third kappa shape index (κ3) is 7.13. The zero-order chi connectivity index (χ0) is 20.9. The van der Waals surface area contributed by atoms with E-state index in [1.165, 1.54) is 0 Å². The molecule has 0 radical (unpaired) electrons. The van der Waals surface area contributed by atoms with E-state index in [2.05, 4.69) is 5.32 Å². The van der Waals surface area contributed by atoms with Gasteiger partial charge in [-0.25, -0.2) is 4.79 Å². The first kappa shape index (κ1) is 23.3. The third-order valence-corrected chi connectivity index (χ3v) is 4.36. The van der Waals surface area contributed by atoms with Crippen molar-refractivity contribution in [3.63, 3.8) is 0 Å². The molecule has 1 aromatic carbocycles. The Labute approximate surface area is 179 Å². The van der Waals surface area contributed by atoms with Crippen LogP contribution >= 0.6 is 34.8 Å². The standard InChI is InChI=1S/C18H24Cl3NO6/c1-17(2)27-14(11-4-6-12(25-3)7-5-11)15(28-17)13(23)8-9-22-16(24)26-10-18(19,20)21/h4-7,13-15,23H,8-10H2,1-3H3,(H,22,24)/t13-,14-,15-/m0/s1. The summed E-state index contributed by atoms with van der Waals surface area (Å²) in [5.41, 5.74) is 0.852. The molecular weight excluding hydrogens is 433 g/mol. The number of rotatable bonds is 7. The van der Waals surface area contributed by atoms with E-state index in [0.717, 1.165) is 11.3 Å². The Kier molecular flexibility index (Phi) is 8.07. The molecule has 0 unspecified atom stereocenters. The average Bonchev–Trinajstić information content (AvgIpc) is 2.95. The number of aliphatic hydroxyl groups excluding tert-OH is 1. The van der Waals surface area contributed by atoms with Crippen molar-refractivity contribution in [3.05, 3.63) is 29.8 Å². The fourth-order valence-corrected chi connectivity index (χ4v) is 2.97. The van der Waals surface area contributed by atoms with Crippen molar-refractivity contribution in [3.8, 4) is 5.75 Å². The summed E-state index contributed by atoms with van der Waals surface area (Å²) in [6, 6.07) is 7.35. The van der Waals surface area contributed by atoms with Gasteiger partial charge in [0.15, 0.2) is 5.79 Å². The van der Waals surface area contributed by atoms with Crippen LogP contribution in [0.3, 0.4) is 0 Å². The Bertz CT molecular complexity index is 650. The maximum absolute atomic E-state index is 11.6. The predicted octanol–water partition coefficient (Wildman–Crippen LogP) is 3.74. The summed E-state index contributed by atoms with van der Waals surface area (Å²) >= 11 is 16.5. The number of nitrogens with one attached hydrogen (secondary N) is 1. The molecule has 10 heteroatoms. The molecule has 0 spiro atoms. The number of halogens is 3.